The molecule has 19 nitrogen and oxygen atoms in total. The lowest BCUT2D eigenvalue weighted by molar-refractivity contribution is 0.0899. The largest absolute Gasteiger partial charge is 0.388 e. The number of halogens is 2. The monoisotopic (exact) mass is 820 g/mol. The number of hydrogen-bond donors (Lipinski definition) is 6. The number of aromatic nitrogens is 6. The van der Waals surface area contributed by atoms with Gasteiger partial charge < -0.3 is 36.1 Å². The number of alkyl halides is 2. The Balaban J connectivity index is 1.26. The first-order chi connectivity index (χ1) is 27.2. The van der Waals surface area contributed by atoms with E-state index < -0.39 is 23.6 Å². The summed E-state index contributed by atoms with van der Waals surface area (Å²) < 4.78 is 5.70. The molecule has 0 fully saturated rings. The van der Waals surface area contributed by atoms with E-state index in [9.17, 15) is 24.0 Å². The van der Waals surface area contributed by atoms with Gasteiger partial charge in [-0.25, -0.2) is 10.0 Å². The van der Waals surface area contributed by atoms with Crippen LogP contribution in [-0.2, 0) is 28.2 Å². The maximum absolute atomic E-state index is 13.7. The number of carbonyl (C=O) groups excluding carboxylic acids is 5. The molecule has 57 heavy (non-hydrogen) atoms. The van der Waals surface area contributed by atoms with E-state index >= 15 is 0 Å². The average molecular weight is 822 g/mol. The van der Waals surface area contributed by atoms with Crippen LogP contribution in [0.1, 0.15) is 58.7 Å². The van der Waals surface area contributed by atoms with Crippen LogP contribution in [0.2, 0.25) is 0 Å². The van der Waals surface area contributed by atoms with Crippen LogP contribution in [0.3, 0.4) is 0 Å². The van der Waals surface area contributed by atoms with Gasteiger partial charge in [0, 0.05) is 96.1 Å². The van der Waals surface area contributed by atoms with E-state index in [-0.39, 0.29) is 84.0 Å². The van der Waals surface area contributed by atoms with Crippen LogP contribution in [0, 0.1) is 5.41 Å². The molecule has 300 valence electrons. The lowest BCUT2D eigenvalue weighted by Gasteiger charge is -2.32. The molecule has 0 bridgehead atoms. The number of amides is 5. The summed E-state index contributed by atoms with van der Waals surface area (Å²) in [7, 11) is 6.38. The van der Waals surface area contributed by atoms with Crippen molar-refractivity contribution in [1.29, 1.82) is 5.41 Å². The van der Waals surface area contributed by atoms with Crippen molar-refractivity contribution in [2.75, 3.05) is 52.4 Å². The van der Waals surface area contributed by atoms with Gasteiger partial charge in [-0.05, 0) is 24.3 Å². The number of nitrogens with two attached hydrogens (primary N) is 1. The van der Waals surface area contributed by atoms with Gasteiger partial charge in [0.05, 0.1) is 17.2 Å². The summed E-state index contributed by atoms with van der Waals surface area (Å²) in [6.45, 7) is 0.750. The van der Waals surface area contributed by atoms with Crippen molar-refractivity contribution in [2.45, 2.75) is 6.42 Å². The maximum atomic E-state index is 13.7. The first-order valence-electron chi connectivity index (χ1n) is 17.4. The van der Waals surface area contributed by atoms with Gasteiger partial charge in [0.1, 0.15) is 22.8 Å². The van der Waals surface area contributed by atoms with E-state index in [1.54, 1.807) is 75.9 Å². The van der Waals surface area contributed by atoms with E-state index in [1.165, 1.54) is 47.8 Å². The van der Waals surface area contributed by atoms with E-state index in [0.717, 1.165) is 0 Å². The molecular formula is C36H42Cl2N14O5. The second-order valence-corrected chi connectivity index (χ2v) is 13.5. The number of hydrogen-bond acceptors (Lipinski definition) is 9. The second-order valence-electron chi connectivity index (χ2n) is 12.7. The normalized spacial score (nSPS) is 11.0. The van der Waals surface area contributed by atoms with Crippen LogP contribution in [0.15, 0.2) is 67.0 Å². The number of nitrogens with one attached hydrogen (secondary N) is 5. The minimum Gasteiger partial charge on any atom is -0.388 e. The molecule has 0 saturated carbocycles. The molecule has 0 aliphatic carbocycles. The molecule has 0 aliphatic heterocycles. The fourth-order valence-corrected chi connectivity index (χ4v) is 6.18. The summed E-state index contributed by atoms with van der Waals surface area (Å²) in [5.41, 5.74) is 7.08. The zero-order valence-corrected chi connectivity index (χ0v) is 33.1. The topological polar surface area (TPSA) is 235 Å². The Labute approximate surface area is 337 Å². The predicted octanol–water partition coefficient (Wildman–Crippen LogP) is 2.98. The third-order valence-electron chi connectivity index (χ3n) is 8.52. The Kier molecular flexibility index (Phi) is 13.5. The molecule has 21 heteroatoms. The molecule has 0 atom stereocenters. The van der Waals surface area contributed by atoms with Crippen LogP contribution >= 0.6 is 23.2 Å². The number of amidine groups is 1. The molecule has 5 rings (SSSR count). The highest BCUT2D eigenvalue weighted by molar-refractivity contribution is 6.18. The number of rotatable bonds is 17. The van der Waals surface area contributed by atoms with Gasteiger partial charge in [-0.2, -0.15) is 10.2 Å². The first kappa shape index (κ1) is 41.7. The molecule has 0 saturated heterocycles. The van der Waals surface area contributed by atoms with Gasteiger partial charge in [-0.1, -0.05) is 18.2 Å². The fraction of sp³-hybridized carbons (Fsp3) is 0.278. The third kappa shape index (κ3) is 10.1. The van der Waals surface area contributed by atoms with Crippen molar-refractivity contribution in [1.82, 2.24) is 39.0 Å². The number of anilines is 4. The summed E-state index contributed by atoms with van der Waals surface area (Å²) in [5.74, 6) is -1.76. The van der Waals surface area contributed by atoms with E-state index in [0.29, 0.717) is 16.9 Å². The first-order valence-corrected chi connectivity index (χ1v) is 18.5. The highest BCUT2D eigenvalue weighted by Gasteiger charge is 2.29. The number of hydrazine groups is 1. The zero-order chi connectivity index (χ0) is 41.4. The molecule has 1 aromatic carbocycles. The molecule has 7 N–H and O–H groups in total. The molecule has 0 radical (unpaired) electrons. The lowest BCUT2D eigenvalue weighted by atomic mass is 10.2. The van der Waals surface area contributed by atoms with Crippen molar-refractivity contribution in [3.8, 4) is 0 Å². The van der Waals surface area contributed by atoms with Crippen molar-refractivity contribution >= 4 is 81.6 Å². The minimum atomic E-state index is -0.547. The van der Waals surface area contributed by atoms with Gasteiger partial charge in [-0.3, -0.25) is 38.7 Å². The Morgan fingerprint density at radius 1 is 0.719 bits per heavy atom. The summed E-state index contributed by atoms with van der Waals surface area (Å²) >= 11 is 12.1. The number of aryl methyl sites for hydroxylation is 4. The number of carbonyl (C=O) groups is 5. The number of nitrogens with zero attached hydrogens (tertiary/aromatic N) is 8. The molecule has 0 spiro atoms. The SMILES string of the molecule is Cn1cc(NC(=O)c2cc(N(C(=O)c3ccccc3)N(CCCl)CCCl)nn2C)cc1C(=O)Nc1cc(C(=O)Nc2cc(C(=O)NCCC(=N)N)n(C)n2)n(C)c1. The highest BCUT2D eigenvalue weighted by Crippen LogP contribution is 2.23. The predicted molar refractivity (Wildman–Crippen MR) is 216 cm³/mol. The molecule has 4 aromatic heterocycles. The summed E-state index contributed by atoms with van der Waals surface area (Å²) in [5, 5.41) is 29.8. The quantitative estimate of drug-likeness (QED) is 0.0350. The van der Waals surface area contributed by atoms with Gasteiger partial charge in [0.25, 0.3) is 29.5 Å². The Bertz CT molecular complexity index is 2290. The molecule has 5 aromatic rings. The van der Waals surface area contributed by atoms with Crippen molar-refractivity contribution in [2.24, 2.45) is 33.9 Å². The summed E-state index contributed by atoms with van der Waals surface area (Å²) in [6.07, 6.45) is 3.31. The zero-order valence-electron chi connectivity index (χ0n) is 31.5. The summed E-state index contributed by atoms with van der Waals surface area (Å²) in [4.78, 5) is 66.3. The standard InChI is InChI=1S/C36H42Cl2N14O5/c1-47-21-24(43-35(56)28-19-31(46-50(28)4)52(51(14-11-37)15-12-38)36(57)22-8-6-5-7-9-22)16-25(47)33(54)42-23-17-26(48(2)20-23)34(55)44-30-18-27(49(3)45-30)32(53)41-13-10-29(39)40/h5-9,16-21H,10-15H2,1-4H3,(H3,39,40)(H,41,53)(H,42,54)(H,43,56)(H,44,45,55). The molecule has 0 unspecified atom stereocenters. The molecule has 4 heterocycles. The second kappa shape index (κ2) is 18.5. The van der Waals surface area contributed by atoms with Crippen LogP contribution < -0.4 is 32.0 Å². The average Bonchev–Trinajstić information content (AvgIpc) is 3.93. The van der Waals surface area contributed by atoms with Gasteiger partial charge in [0.15, 0.2) is 11.6 Å². The lowest BCUT2D eigenvalue weighted by Crippen LogP contribution is -2.49. The molecular weight excluding hydrogens is 779 g/mol. The Morgan fingerprint density at radius 2 is 1.25 bits per heavy atom. The van der Waals surface area contributed by atoms with Gasteiger partial charge in [-0.15, -0.1) is 23.2 Å². The fourth-order valence-electron chi connectivity index (χ4n) is 5.79. The molecule has 5 amide bonds. The Morgan fingerprint density at radius 3 is 1.81 bits per heavy atom. The van der Waals surface area contributed by atoms with Crippen LogP contribution in [-0.4, -0.2) is 100 Å². The van der Waals surface area contributed by atoms with Crippen molar-refractivity contribution < 1.29 is 24.0 Å². The maximum Gasteiger partial charge on any atom is 0.274 e. The van der Waals surface area contributed by atoms with Crippen LogP contribution in [0.4, 0.5) is 23.0 Å². The highest BCUT2D eigenvalue weighted by atomic mass is 35.5. The van der Waals surface area contributed by atoms with Crippen LogP contribution in [0.5, 0.6) is 0 Å². The third-order valence-corrected chi connectivity index (χ3v) is 8.86. The summed E-state index contributed by atoms with van der Waals surface area (Å²) in [6, 6.07) is 14.5. The van der Waals surface area contributed by atoms with E-state index in [1.807, 2.05) is 0 Å². The Hall–Kier alpha value is -6.44. The van der Waals surface area contributed by atoms with Crippen LogP contribution in [0.25, 0.3) is 0 Å². The van der Waals surface area contributed by atoms with Crippen molar-refractivity contribution in [3.63, 3.8) is 0 Å². The number of benzene rings is 1. The van der Waals surface area contributed by atoms with E-state index in [2.05, 4.69) is 31.5 Å². The van der Waals surface area contributed by atoms with Gasteiger partial charge >= 0.3 is 0 Å². The van der Waals surface area contributed by atoms with Gasteiger partial charge in [0.2, 0.25) is 0 Å². The minimum absolute atomic E-state index is 0.0575. The van der Waals surface area contributed by atoms with E-state index in [4.69, 9.17) is 34.3 Å². The smallest absolute Gasteiger partial charge is 0.274 e. The van der Waals surface area contributed by atoms with Crippen molar-refractivity contribution in [3.05, 3.63) is 95.3 Å². The molecule has 0 aliphatic rings.